The maximum absolute atomic E-state index is 13.6. The number of nitrogens with one attached hydrogen (secondary N) is 1. The van der Waals surface area contributed by atoms with Gasteiger partial charge >= 0.3 is 6.03 Å². The first-order valence-electron chi connectivity index (χ1n) is 5.21. The number of rotatable bonds is 1. The number of carbonyl (C=O) groups excluding carboxylic acids is 1. The Morgan fingerprint density at radius 2 is 1.94 bits per heavy atom. The van der Waals surface area contributed by atoms with E-state index < -0.39 is 17.5 Å². The molecule has 1 amide bonds. The van der Waals surface area contributed by atoms with E-state index in [1.165, 1.54) is 10.8 Å². The summed E-state index contributed by atoms with van der Waals surface area (Å²) >= 11 is 0. The Kier molecular flexibility index (Phi) is 2.19. The van der Waals surface area contributed by atoms with Crippen LogP contribution in [0.25, 0.3) is 11.1 Å². The molecule has 0 saturated carbocycles. The third-order valence-corrected chi connectivity index (χ3v) is 2.89. The third-order valence-electron chi connectivity index (χ3n) is 2.89. The molecule has 0 unspecified atom stereocenters. The van der Waals surface area contributed by atoms with Crippen molar-refractivity contribution in [2.24, 2.45) is 0 Å². The van der Waals surface area contributed by atoms with Crippen molar-refractivity contribution >= 4 is 6.03 Å². The van der Waals surface area contributed by atoms with Gasteiger partial charge in [0.15, 0.2) is 17.5 Å². The zero-order valence-corrected chi connectivity index (χ0v) is 9.01. The molecule has 0 bridgehead atoms. The molecule has 0 atom stereocenters. The van der Waals surface area contributed by atoms with Gasteiger partial charge in [-0.15, -0.1) is 0 Å². The summed E-state index contributed by atoms with van der Waals surface area (Å²) in [6, 6.07) is 3.25. The molecule has 2 heterocycles. The van der Waals surface area contributed by atoms with E-state index in [1.54, 1.807) is 6.07 Å². The minimum absolute atomic E-state index is 0.0661. The van der Waals surface area contributed by atoms with Gasteiger partial charge in [-0.3, -0.25) is 4.57 Å². The number of hydrogen-bond donors (Lipinski definition) is 1. The Hall–Kier alpha value is -2.24. The second kappa shape index (κ2) is 3.63. The van der Waals surface area contributed by atoms with Gasteiger partial charge in [0.2, 0.25) is 0 Å². The molecule has 1 aromatic heterocycles. The molecule has 0 fully saturated rings. The van der Waals surface area contributed by atoms with Gasteiger partial charge in [-0.25, -0.2) is 18.0 Å². The molecule has 0 spiro atoms. The lowest BCUT2D eigenvalue weighted by Crippen LogP contribution is -2.16. The van der Waals surface area contributed by atoms with Crippen molar-refractivity contribution in [3.8, 4) is 11.1 Å². The highest BCUT2D eigenvalue weighted by Crippen LogP contribution is 2.28. The zero-order chi connectivity index (χ0) is 12.9. The van der Waals surface area contributed by atoms with Crippen LogP contribution in [-0.4, -0.2) is 10.6 Å². The van der Waals surface area contributed by atoms with Crippen LogP contribution in [0, 0.1) is 17.5 Å². The molecular formula is C12H7F3N2O. The van der Waals surface area contributed by atoms with Crippen molar-refractivity contribution in [1.29, 1.82) is 0 Å². The van der Waals surface area contributed by atoms with Crippen molar-refractivity contribution in [1.82, 2.24) is 9.88 Å². The summed E-state index contributed by atoms with van der Waals surface area (Å²) in [5.41, 5.74) is 0.930. The summed E-state index contributed by atoms with van der Waals surface area (Å²) in [4.78, 5) is 11.3. The minimum atomic E-state index is -1.51. The first kappa shape index (κ1) is 10.9. The second-order valence-corrected chi connectivity index (χ2v) is 3.97. The van der Waals surface area contributed by atoms with Crippen LogP contribution in [0.1, 0.15) is 5.69 Å². The molecule has 3 rings (SSSR count). The Balaban J connectivity index is 2.14. The van der Waals surface area contributed by atoms with Gasteiger partial charge in [-0.05, 0) is 18.2 Å². The van der Waals surface area contributed by atoms with E-state index in [9.17, 15) is 18.0 Å². The quantitative estimate of drug-likeness (QED) is 0.778. The number of hydrogen-bond acceptors (Lipinski definition) is 1. The Morgan fingerprint density at radius 1 is 1.17 bits per heavy atom. The number of fused-ring (bicyclic) bond motifs is 1. The smallest absolute Gasteiger partial charge is 0.326 e. The van der Waals surface area contributed by atoms with Crippen molar-refractivity contribution < 1.29 is 18.0 Å². The average molecular weight is 252 g/mol. The molecule has 6 heteroatoms. The van der Waals surface area contributed by atoms with Gasteiger partial charge < -0.3 is 5.32 Å². The highest BCUT2D eigenvalue weighted by molar-refractivity contribution is 5.82. The molecule has 1 aromatic carbocycles. The van der Waals surface area contributed by atoms with Gasteiger partial charge in [0.05, 0.1) is 6.54 Å². The first-order chi connectivity index (χ1) is 8.58. The van der Waals surface area contributed by atoms with E-state index >= 15 is 0 Å². The summed E-state index contributed by atoms with van der Waals surface area (Å²) in [5, 5.41) is 2.57. The Labute approximate surface area is 99.8 Å². The highest BCUT2D eigenvalue weighted by atomic mass is 19.2. The standard InChI is InChI=1S/C12H7F3N2O/c13-9-2-1-8(10(14)11(9)15)6-3-7-4-16-12(18)17(7)5-6/h1-3,5H,4H2,(H,16,18). The van der Waals surface area contributed by atoms with Crippen LogP contribution < -0.4 is 5.32 Å². The van der Waals surface area contributed by atoms with Crippen LogP contribution in [-0.2, 0) is 6.54 Å². The van der Waals surface area contributed by atoms with Crippen LogP contribution >= 0.6 is 0 Å². The maximum atomic E-state index is 13.6. The molecule has 0 radical (unpaired) electrons. The van der Waals surface area contributed by atoms with Crippen molar-refractivity contribution in [3.05, 3.63) is 47.5 Å². The molecule has 18 heavy (non-hydrogen) atoms. The fourth-order valence-electron chi connectivity index (χ4n) is 1.98. The molecule has 92 valence electrons. The SMILES string of the molecule is O=C1NCc2cc(-c3ccc(F)c(F)c3F)cn21. The van der Waals surface area contributed by atoms with Crippen molar-refractivity contribution in [3.63, 3.8) is 0 Å². The number of nitrogens with zero attached hydrogens (tertiary/aromatic N) is 1. The van der Waals surface area contributed by atoms with Crippen LogP contribution in [0.4, 0.5) is 18.0 Å². The van der Waals surface area contributed by atoms with Gasteiger partial charge in [0.1, 0.15) is 0 Å². The summed E-state index contributed by atoms with van der Waals surface area (Å²) in [6.07, 6.45) is 1.40. The first-order valence-corrected chi connectivity index (χ1v) is 5.21. The topological polar surface area (TPSA) is 34.0 Å². The maximum Gasteiger partial charge on any atom is 0.326 e. The average Bonchev–Trinajstić information content (AvgIpc) is 2.89. The predicted molar refractivity (Wildman–Crippen MR) is 57.4 cm³/mol. The van der Waals surface area contributed by atoms with Crippen molar-refractivity contribution in [2.75, 3.05) is 0 Å². The molecule has 0 aliphatic carbocycles. The predicted octanol–water partition coefficient (Wildman–Crippen LogP) is 2.64. The Bertz CT molecular complexity index is 664. The van der Waals surface area contributed by atoms with E-state index in [0.29, 0.717) is 17.8 Å². The zero-order valence-electron chi connectivity index (χ0n) is 9.01. The summed E-state index contributed by atoms with van der Waals surface area (Å²) in [7, 11) is 0. The molecule has 1 aliphatic rings. The highest BCUT2D eigenvalue weighted by Gasteiger charge is 2.22. The Morgan fingerprint density at radius 3 is 2.67 bits per heavy atom. The van der Waals surface area contributed by atoms with Crippen LogP contribution in [0.3, 0.4) is 0 Å². The normalized spacial score (nSPS) is 13.6. The van der Waals surface area contributed by atoms with Gasteiger partial charge in [0.25, 0.3) is 0 Å². The van der Waals surface area contributed by atoms with E-state index in [2.05, 4.69) is 5.32 Å². The second-order valence-electron chi connectivity index (χ2n) is 3.97. The molecular weight excluding hydrogens is 245 g/mol. The largest absolute Gasteiger partial charge is 0.332 e. The van der Waals surface area contributed by atoms with Crippen molar-refractivity contribution in [2.45, 2.75) is 6.54 Å². The van der Waals surface area contributed by atoms with Crippen LogP contribution in [0.15, 0.2) is 24.4 Å². The van der Waals surface area contributed by atoms with Crippen LogP contribution in [0.2, 0.25) is 0 Å². The number of halogens is 3. The monoisotopic (exact) mass is 252 g/mol. The lowest BCUT2D eigenvalue weighted by atomic mass is 10.1. The van der Waals surface area contributed by atoms with E-state index in [-0.39, 0.29) is 11.6 Å². The van der Waals surface area contributed by atoms with Crippen LogP contribution in [0.5, 0.6) is 0 Å². The van der Waals surface area contributed by atoms with Gasteiger partial charge in [-0.2, -0.15) is 0 Å². The molecule has 0 saturated heterocycles. The number of carbonyl (C=O) groups is 1. The lowest BCUT2D eigenvalue weighted by Gasteiger charge is -2.02. The fraction of sp³-hybridized carbons (Fsp3) is 0.0833. The van der Waals surface area contributed by atoms with E-state index in [1.807, 2.05) is 0 Å². The molecule has 3 nitrogen and oxygen atoms in total. The number of benzene rings is 1. The summed E-state index contributed by atoms with van der Waals surface area (Å²) in [5.74, 6) is -4.00. The molecule has 1 N–H and O–H groups in total. The lowest BCUT2D eigenvalue weighted by molar-refractivity contribution is 0.246. The number of amides is 1. The fourth-order valence-corrected chi connectivity index (χ4v) is 1.98. The minimum Gasteiger partial charge on any atom is -0.332 e. The molecule has 1 aliphatic heterocycles. The van der Waals surface area contributed by atoms with E-state index in [4.69, 9.17) is 0 Å². The van der Waals surface area contributed by atoms with Gasteiger partial charge in [-0.1, -0.05) is 0 Å². The third kappa shape index (κ3) is 1.42. The summed E-state index contributed by atoms with van der Waals surface area (Å²) < 4.78 is 40.8. The van der Waals surface area contributed by atoms with E-state index in [0.717, 1.165) is 12.1 Å². The summed E-state index contributed by atoms with van der Waals surface area (Å²) in [6.45, 7) is 0.337. The number of aromatic nitrogens is 1. The van der Waals surface area contributed by atoms with Gasteiger partial charge in [0, 0.05) is 23.0 Å². The molecule has 2 aromatic rings.